The molecular formula is C17H14N2O2S. The van der Waals surface area contributed by atoms with E-state index in [1.165, 1.54) is 11.8 Å². The number of carbonyl (C=O) groups excluding carboxylic acids is 1. The number of hydrogen-bond acceptors (Lipinski definition) is 4. The first kappa shape index (κ1) is 14.4. The standard InChI is InChI=1S/C17H14N2O2S/c18-17-19-16(20)15(22-17)10-13-8-4-5-9-14(13)21-11-12-6-2-1-3-7-12/h1-10H,11H2,(H2,18,19,20)/b15-10-. The molecule has 2 aromatic carbocycles. The highest BCUT2D eigenvalue weighted by Gasteiger charge is 2.19. The van der Waals surface area contributed by atoms with Crippen molar-refractivity contribution < 1.29 is 9.53 Å². The molecule has 0 unspecified atom stereocenters. The summed E-state index contributed by atoms with van der Waals surface area (Å²) in [6.45, 7) is 0.473. The van der Waals surface area contributed by atoms with Crippen LogP contribution in [0.5, 0.6) is 5.75 Å². The Balaban J connectivity index is 1.79. The predicted molar refractivity (Wildman–Crippen MR) is 89.4 cm³/mol. The highest BCUT2D eigenvalue weighted by Crippen LogP contribution is 2.29. The summed E-state index contributed by atoms with van der Waals surface area (Å²) in [4.78, 5) is 15.9. The van der Waals surface area contributed by atoms with Gasteiger partial charge in [-0.05, 0) is 29.5 Å². The van der Waals surface area contributed by atoms with Crippen LogP contribution >= 0.6 is 11.8 Å². The number of nitrogens with two attached hydrogens (primary N) is 1. The number of amidine groups is 1. The second kappa shape index (κ2) is 6.49. The second-order valence-electron chi connectivity index (χ2n) is 4.68. The molecule has 0 atom stereocenters. The van der Waals surface area contributed by atoms with E-state index in [4.69, 9.17) is 10.5 Å². The molecule has 0 saturated carbocycles. The maximum Gasteiger partial charge on any atom is 0.286 e. The van der Waals surface area contributed by atoms with Gasteiger partial charge < -0.3 is 10.5 Å². The van der Waals surface area contributed by atoms with Gasteiger partial charge in [0.25, 0.3) is 5.91 Å². The Bertz CT molecular complexity index is 754. The molecule has 2 N–H and O–H groups in total. The Hall–Kier alpha value is -2.53. The lowest BCUT2D eigenvalue weighted by molar-refractivity contribution is -0.113. The zero-order valence-electron chi connectivity index (χ0n) is 11.7. The average molecular weight is 310 g/mol. The number of rotatable bonds is 4. The van der Waals surface area contributed by atoms with E-state index < -0.39 is 0 Å². The van der Waals surface area contributed by atoms with Gasteiger partial charge in [-0.2, -0.15) is 4.99 Å². The summed E-state index contributed by atoms with van der Waals surface area (Å²) in [5, 5.41) is 0.277. The number of para-hydroxylation sites is 1. The van der Waals surface area contributed by atoms with Crippen molar-refractivity contribution in [3.63, 3.8) is 0 Å². The highest BCUT2D eigenvalue weighted by molar-refractivity contribution is 8.18. The lowest BCUT2D eigenvalue weighted by Crippen LogP contribution is -2.01. The van der Waals surface area contributed by atoms with Crippen molar-refractivity contribution in [2.75, 3.05) is 0 Å². The first-order valence-electron chi connectivity index (χ1n) is 6.76. The van der Waals surface area contributed by atoms with Crippen LogP contribution < -0.4 is 10.5 Å². The van der Waals surface area contributed by atoms with Crippen LogP contribution in [0.2, 0.25) is 0 Å². The number of aliphatic imine (C=N–C) groups is 1. The Labute approximate surface area is 132 Å². The van der Waals surface area contributed by atoms with Crippen LogP contribution in [-0.4, -0.2) is 11.1 Å². The molecule has 0 fully saturated rings. The lowest BCUT2D eigenvalue weighted by atomic mass is 10.2. The third-order valence-electron chi connectivity index (χ3n) is 3.08. The minimum absolute atomic E-state index is 0.277. The molecular weight excluding hydrogens is 296 g/mol. The van der Waals surface area contributed by atoms with Gasteiger partial charge in [0.15, 0.2) is 5.17 Å². The summed E-state index contributed by atoms with van der Waals surface area (Å²) in [5.74, 6) is 0.415. The molecule has 0 spiro atoms. The smallest absolute Gasteiger partial charge is 0.286 e. The summed E-state index contributed by atoms with van der Waals surface area (Å²) in [6.07, 6.45) is 1.76. The maximum absolute atomic E-state index is 11.7. The molecule has 3 rings (SSSR count). The molecule has 1 aliphatic rings. The van der Waals surface area contributed by atoms with Crippen LogP contribution in [-0.2, 0) is 11.4 Å². The van der Waals surface area contributed by atoms with E-state index in [-0.39, 0.29) is 11.1 Å². The Morgan fingerprint density at radius 2 is 1.82 bits per heavy atom. The van der Waals surface area contributed by atoms with Gasteiger partial charge in [0.1, 0.15) is 12.4 Å². The third-order valence-corrected chi connectivity index (χ3v) is 3.89. The molecule has 1 aliphatic heterocycles. The fraction of sp³-hybridized carbons (Fsp3) is 0.0588. The highest BCUT2D eigenvalue weighted by atomic mass is 32.2. The van der Waals surface area contributed by atoms with Crippen LogP contribution in [0.25, 0.3) is 6.08 Å². The van der Waals surface area contributed by atoms with Gasteiger partial charge in [0.2, 0.25) is 0 Å². The SMILES string of the molecule is NC1=NC(=O)/C(=C/c2ccccc2OCc2ccccc2)S1. The second-order valence-corrected chi connectivity index (χ2v) is 5.74. The minimum Gasteiger partial charge on any atom is -0.488 e. The van der Waals surface area contributed by atoms with Gasteiger partial charge in [0, 0.05) is 5.56 Å². The van der Waals surface area contributed by atoms with Crippen LogP contribution in [0.15, 0.2) is 64.5 Å². The quantitative estimate of drug-likeness (QED) is 0.881. The number of hydrogen-bond donors (Lipinski definition) is 1. The normalized spacial score (nSPS) is 15.9. The largest absolute Gasteiger partial charge is 0.488 e. The van der Waals surface area contributed by atoms with E-state index in [0.29, 0.717) is 11.5 Å². The van der Waals surface area contributed by atoms with E-state index in [9.17, 15) is 4.79 Å². The Morgan fingerprint density at radius 1 is 1.09 bits per heavy atom. The maximum atomic E-state index is 11.7. The van der Waals surface area contributed by atoms with Gasteiger partial charge in [-0.25, -0.2) is 0 Å². The van der Waals surface area contributed by atoms with E-state index in [2.05, 4.69) is 4.99 Å². The number of ether oxygens (including phenoxy) is 1. The molecule has 0 aliphatic carbocycles. The topological polar surface area (TPSA) is 64.7 Å². The zero-order valence-corrected chi connectivity index (χ0v) is 12.5. The molecule has 2 aromatic rings. The van der Waals surface area contributed by atoms with Gasteiger partial charge in [-0.1, -0.05) is 48.5 Å². The third kappa shape index (κ3) is 3.38. The van der Waals surface area contributed by atoms with Crippen molar-refractivity contribution in [1.29, 1.82) is 0 Å². The molecule has 1 heterocycles. The number of amides is 1. The number of benzene rings is 2. The predicted octanol–water partition coefficient (Wildman–Crippen LogP) is 3.19. The van der Waals surface area contributed by atoms with Crippen molar-refractivity contribution in [3.05, 3.63) is 70.6 Å². The van der Waals surface area contributed by atoms with Crippen LogP contribution in [0.4, 0.5) is 0 Å². The van der Waals surface area contributed by atoms with Crippen LogP contribution in [0.1, 0.15) is 11.1 Å². The van der Waals surface area contributed by atoms with E-state index >= 15 is 0 Å². The minimum atomic E-state index is -0.305. The summed E-state index contributed by atoms with van der Waals surface area (Å²) in [7, 11) is 0. The van der Waals surface area contributed by atoms with E-state index in [1.807, 2.05) is 54.6 Å². The number of carbonyl (C=O) groups is 1. The molecule has 0 bridgehead atoms. The Morgan fingerprint density at radius 3 is 2.55 bits per heavy atom. The Kier molecular flexibility index (Phi) is 4.25. The first-order valence-corrected chi connectivity index (χ1v) is 7.58. The fourth-order valence-corrected chi connectivity index (χ4v) is 2.71. The van der Waals surface area contributed by atoms with Gasteiger partial charge in [-0.15, -0.1) is 0 Å². The van der Waals surface area contributed by atoms with Gasteiger partial charge >= 0.3 is 0 Å². The molecule has 0 radical (unpaired) electrons. The van der Waals surface area contributed by atoms with Gasteiger partial charge in [-0.3, -0.25) is 4.79 Å². The molecule has 0 aromatic heterocycles. The van der Waals surface area contributed by atoms with Crippen molar-refractivity contribution in [2.24, 2.45) is 10.7 Å². The van der Waals surface area contributed by atoms with E-state index in [1.54, 1.807) is 6.08 Å². The number of thioether (sulfide) groups is 1. The zero-order chi connectivity index (χ0) is 15.4. The number of nitrogens with zero attached hydrogens (tertiary/aromatic N) is 1. The summed E-state index contributed by atoms with van der Waals surface area (Å²) >= 11 is 1.18. The molecule has 5 heteroatoms. The lowest BCUT2D eigenvalue weighted by Gasteiger charge is -2.09. The van der Waals surface area contributed by atoms with Gasteiger partial charge in [0.05, 0.1) is 4.91 Å². The van der Waals surface area contributed by atoms with Crippen molar-refractivity contribution in [2.45, 2.75) is 6.61 Å². The molecule has 4 nitrogen and oxygen atoms in total. The molecule has 22 heavy (non-hydrogen) atoms. The van der Waals surface area contributed by atoms with E-state index in [0.717, 1.165) is 16.9 Å². The summed E-state index contributed by atoms with van der Waals surface area (Å²) in [6, 6.07) is 17.5. The van der Waals surface area contributed by atoms with Crippen molar-refractivity contribution in [1.82, 2.24) is 0 Å². The summed E-state index contributed by atoms with van der Waals surface area (Å²) in [5.41, 5.74) is 7.48. The molecule has 0 saturated heterocycles. The van der Waals surface area contributed by atoms with Crippen LogP contribution in [0.3, 0.4) is 0 Å². The summed E-state index contributed by atoms with van der Waals surface area (Å²) < 4.78 is 5.86. The first-order chi connectivity index (χ1) is 10.7. The monoisotopic (exact) mass is 310 g/mol. The molecule has 110 valence electrons. The van der Waals surface area contributed by atoms with Crippen molar-refractivity contribution in [3.8, 4) is 5.75 Å². The van der Waals surface area contributed by atoms with Crippen LogP contribution in [0, 0.1) is 0 Å². The average Bonchev–Trinajstić information content (AvgIpc) is 2.85. The molecule has 1 amide bonds. The fourth-order valence-electron chi connectivity index (χ4n) is 2.03. The van der Waals surface area contributed by atoms with Crippen molar-refractivity contribution >= 4 is 28.9 Å².